The van der Waals surface area contributed by atoms with Gasteiger partial charge in [-0.1, -0.05) is 48.5 Å². The number of rotatable bonds is 7. The van der Waals surface area contributed by atoms with Crippen molar-refractivity contribution in [1.82, 2.24) is 4.90 Å². The Balaban J connectivity index is 1.31. The fourth-order valence-corrected chi connectivity index (χ4v) is 4.75. The van der Waals surface area contributed by atoms with Crippen LogP contribution in [0.1, 0.15) is 28.8 Å². The van der Waals surface area contributed by atoms with E-state index < -0.39 is 10.0 Å². The normalized spacial score (nSPS) is 14.8. The van der Waals surface area contributed by atoms with Gasteiger partial charge in [0.15, 0.2) is 0 Å². The second-order valence-corrected chi connectivity index (χ2v) is 9.47. The SMILES string of the molecule is O=C(c1ccc(S(=O)(=O)Nc2ccccc2)cc1)N1CCC(OCc2ccccc2)CC1. The molecule has 4 rings (SSSR count). The molecule has 32 heavy (non-hydrogen) atoms. The molecule has 3 aromatic carbocycles. The van der Waals surface area contributed by atoms with Crippen LogP contribution in [0.15, 0.2) is 89.8 Å². The highest BCUT2D eigenvalue weighted by atomic mass is 32.2. The molecule has 1 saturated heterocycles. The van der Waals surface area contributed by atoms with E-state index in [4.69, 9.17) is 4.74 Å². The summed E-state index contributed by atoms with van der Waals surface area (Å²) in [7, 11) is -3.71. The first-order valence-corrected chi connectivity index (χ1v) is 12.1. The number of amides is 1. The predicted octanol–water partition coefficient (Wildman–Crippen LogP) is 4.31. The molecular weight excluding hydrogens is 424 g/mol. The number of likely N-dealkylation sites (tertiary alicyclic amines) is 1. The number of nitrogens with one attached hydrogen (secondary N) is 1. The molecule has 1 fully saturated rings. The number of carbonyl (C=O) groups excluding carboxylic acids is 1. The summed E-state index contributed by atoms with van der Waals surface area (Å²) in [5.74, 6) is -0.0912. The molecule has 3 aromatic rings. The van der Waals surface area contributed by atoms with Crippen molar-refractivity contribution in [2.45, 2.75) is 30.4 Å². The lowest BCUT2D eigenvalue weighted by molar-refractivity contribution is -0.000382. The van der Waals surface area contributed by atoms with E-state index in [0.717, 1.165) is 18.4 Å². The van der Waals surface area contributed by atoms with Gasteiger partial charge in [0.25, 0.3) is 15.9 Å². The summed E-state index contributed by atoms with van der Waals surface area (Å²) in [6.45, 7) is 1.81. The fraction of sp³-hybridized carbons (Fsp3) is 0.240. The van der Waals surface area contributed by atoms with E-state index in [1.165, 1.54) is 12.1 Å². The largest absolute Gasteiger partial charge is 0.373 e. The average molecular weight is 451 g/mol. The molecule has 1 aliphatic rings. The number of benzene rings is 3. The summed E-state index contributed by atoms with van der Waals surface area (Å²) in [5, 5.41) is 0. The van der Waals surface area contributed by atoms with Crippen LogP contribution < -0.4 is 4.72 Å². The zero-order valence-electron chi connectivity index (χ0n) is 17.7. The summed E-state index contributed by atoms with van der Waals surface area (Å²) in [5.41, 5.74) is 2.11. The lowest BCUT2D eigenvalue weighted by Gasteiger charge is -2.32. The summed E-state index contributed by atoms with van der Waals surface area (Å²) in [6, 6.07) is 24.8. The lowest BCUT2D eigenvalue weighted by Crippen LogP contribution is -2.40. The fourth-order valence-electron chi connectivity index (χ4n) is 3.69. The van der Waals surface area contributed by atoms with Crippen molar-refractivity contribution < 1.29 is 17.9 Å². The van der Waals surface area contributed by atoms with Crippen LogP contribution in [-0.4, -0.2) is 38.4 Å². The molecule has 166 valence electrons. The minimum Gasteiger partial charge on any atom is -0.373 e. The highest BCUT2D eigenvalue weighted by molar-refractivity contribution is 7.92. The van der Waals surface area contributed by atoms with E-state index >= 15 is 0 Å². The predicted molar refractivity (Wildman–Crippen MR) is 124 cm³/mol. The van der Waals surface area contributed by atoms with E-state index in [2.05, 4.69) is 4.72 Å². The van der Waals surface area contributed by atoms with Crippen LogP contribution in [0.25, 0.3) is 0 Å². The summed E-state index contributed by atoms with van der Waals surface area (Å²) in [6.07, 6.45) is 1.70. The van der Waals surface area contributed by atoms with E-state index in [0.29, 0.717) is 30.9 Å². The van der Waals surface area contributed by atoms with Crippen molar-refractivity contribution in [3.63, 3.8) is 0 Å². The summed E-state index contributed by atoms with van der Waals surface area (Å²) >= 11 is 0. The second-order valence-electron chi connectivity index (χ2n) is 7.78. The molecule has 1 aliphatic heterocycles. The second kappa shape index (κ2) is 9.97. The smallest absolute Gasteiger partial charge is 0.261 e. The molecule has 1 heterocycles. The molecule has 0 bridgehead atoms. The third-order valence-corrected chi connectivity index (χ3v) is 6.89. The van der Waals surface area contributed by atoms with Gasteiger partial charge in [0, 0.05) is 24.3 Å². The average Bonchev–Trinajstić information content (AvgIpc) is 2.84. The first-order valence-electron chi connectivity index (χ1n) is 10.6. The maximum absolute atomic E-state index is 12.9. The highest BCUT2D eigenvalue weighted by Gasteiger charge is 2.24. The maximum atomic E-state index is 12.9. The number of hydrogen-bond acceptors (Lipinski definition) is 4. The van der Waals surface area contributed by atoms with Gasteiger partial charge in [-0.3, -0.25) is 9.52 Å². The van der Waals surface area contributed by atoms with E-state index in [1.807, 2.05) is 36.4 Å². The zero-order chi connectivity index (χ0) is 22.4. The molecule has 1 amide bonds. The van der Waals surface area contributed by atoms with Gasteiger partial charge in [0.05, 0.1) is 17.6 Å². The van der Waals surface area contributed by atoms with Gasteiger partial charge in [0.2, 0.25) is 0 Å². The number of para-hydroxylation sites is 1. The van der Waals surface area contributed by atoms with Crippen LogP contribution in [-0.2, 0) is 21.4 Å². The summed E-state index contributed by atoms with van der Waals surface area (Å²) < 4.78 is 33.7. The molecule has 0 atom stereocenters. The number of anilines is 1. The van der Waals surface area contributed by atoms with Crippen LogP contribution >= 0.6 is 0 Å². The minimum absolute atomic E-state index is 0.0912. The number of sulfonamides is 1. The van der Waals surface area contributed by atoms with E-state index in [9.17, 15) is 13.2 Å². The Labute approximate surface area is 188 Å². The van der Waals surface area contributed by atoms with Crippen molar-refractivity contribution in [2.24, 2.45) is 0 Å². The quantitative estimate of drug-likeness (QED) is 0.582. The van der Waals surface area contributed by atoms with Crippen LogP contribution in [0, 0.1) is 0 Å². The standard InChI is InChI=1S/C25H26N2O4S/c28-25(27-17-15-23(16-18-27)31-19-20-7-3-1-4-8-20)21-11-13-24(14-12-21)32(29,30)26-22-9-5-2-6-10-22/h1-14,23,26H,15-19H2. The molecule has 0 saturated carbocycles. The van der Waals surface area contributed by atoms with Crippen molar-refractivity contribution in [2.75, 3.05) is 17.8 Å². The third kappa shape index (κ3) is 5.55. The van der Waals surface area contributed by atoms with Crippen molar-refractivity contribution in [1.29, 1.82) is 0 Å². The number of carbonyl (C=O) groups is 1. The van der Waals surface area contributed by atoms with Crippen LogP contribution in [0.5, 0.6) is 0 Å². The van der Waals surface area contributed by atoms with Gasteiger partial charge >= 0.3 is 0 Å². The number of ether oxygens (including phenoxy) is 1. The maximum Gasteiger partial charge on any atom is 0.261 e. The first kappa shape index (κ1) is 22.0. The summed E-state index contributed by atoms with van der Waals surface area (Å²) in [4.78, 5) is 14.8. The molecule has 0 unspecified atom stereocenters. The van der Waals surface area contributed by atoms with E-state index in [-0.39, 0.29) is 16.9 Å². The Morgan fingerprint density at radius 1 is 0.875 bits per heavy atom. The number of hydrogen-bond donors (Lipinski definition) is 1. The Morgan fingerprint density at radius 3 is 2.09 bits per heavy atom. The highest BCUT2D eigenvalue weighted by Crippen LogP contribution is 2.20. The van der Waals surface area contributed by atoms with E-state index in [1.54, 1.807) is 41.3 Å². The van der Waals surface area contributed by atoms with Gasteiger partial charge in [-0.25, -0.2) is 8.42 Å². The van der Waals surface area contributed by atoms with Crippen LogP contribution in [0.3, 0.4) is 0 Å². The molecule has 7 heteroatoms. The van der Waals surface area contributed by atoms with Gasteiger partial charge in [-0.05, 0) is 54.8 Å². The molecular formula is C25H26N2O4S. The molecule has 6 nitrogen and oxygen atoms in total. The third-order valence-electron chi connectivity index (χ3n) is 5.50. The number of piperidine rings is 1. The monoisotopic (exact) mass is 450 g/mol. The van der Waals surface area contributed by atoms with Crippen LogP contribution in [0.4, 0.5) is 5.69 Å². The van der Waals surface area contributed by atoms with Gasteiger partial charge in [-0.15, -0.1) is 0 Å². The lowest BCUT2D eigenvalue weighted by atomic mass is 10.1. The Kier molecular flexibility index (Phi) is 6.87. The van der Waals surface area contributed by atoms with Gasteiger partial charge in [-0.2, -0.15) is 0 Å². The molecule has 0 aromatic heterocycles. The van der Waals surface area contributed by atoms with Crippen molar-refractivity contribution in [3.05, 3.63) is 96.1 Å². The molecule has 0 spiro atoms. The Hall–Kier alpha value is -3.16. The Bertz CT molecular complexity index is 1130. The molecule has 1 N–H and O–H groups in total. The Morgan fingerprint density at radius 2 is 1.47 bits per heavy atom. The molecule has 0 aliphatic carbocycles. The van der Waals surface area contributed by atoms with Crippen molar-refractivity contribution in [3.8, 4) is 0 Å². The minimum atomic E-state index is -3.71. The topological polar surface area (TPSA) is 75.7 Å². The van der Waals surface area contributed by atoms with Crippen molar-refractivity contribution >= 4 is 21.6 Å². The van der Waals surface area contributed by atoms with Gasteiger partial charge < -0.3 is 9.64 Å². The number of nitrogens with zero attached hydrogens (tertiary/aromatic N) is 1. The first-order chi connectivity index (χ1) is 15.5. The zero-order valence-corrected chi connectivity index (χ0v) is 18.5. The molecule has 0 radical (unpaired) electrons. The van der Waals surface area contributed by atoms with Gasteiger partial charge in [0.1, 0.15) is 0 Å². The van der Waals surface area contributed by atoms with Crippen LogP contribution in [0.2, 0.25) is 0 Å².